The number of esters is 1. The molecule has 0 aliphatic heterocycles. The van der Waals surface area contributed by atoms with E-state index in [-0.39, 0.29) is 18.0 Å². The first kappa shape index (κ1) is 16.3. The third-order valence-electron chi connectivity index (χ3n) is 4.19. The number of hydrogen-bond donors (Lipinski definition) is 1. The minimum Gasteiger partial charge on any atom is -0.467 e. The highest BCUT2D eigenvalue weighted by atomic mass is 16.5. The van der Waals surface area contributed by atoms with E-state index in [4.69, 9.17) is 4.74 Å². The van der Waals surface area contributed by atoms with Crippen LogP contribution in [0.15, 0.2) is 23.1 Å². The van der Waals surface area contributed by atoms with Gasteiger partial charge in [-0.05, 0) is 25.8 Å². The largest absolute Gasteiger partial charge is 0.467 e. The van der Waals surface area contributed by atoms with E-state index in [1.165, 1.54) is 11.7 Å². The maximum atomic E-state index is 12.3. The Bertz CT molecular complexity index is 615. The summed E-state index contributed by atoms with van der Waals surface area (Å²) in [4.78, 5) is 36.3. The first-order valence-electron chi connectivity index (χ1n) is 7.54. The van der Waals surface area contributed by atoms with E-state index < -0.39 is 11.5 Å². The number of nitrogens with zero attached hydrogens (tertiary/aromatic N) is 1. The van der Waals surface area contributed by atoms with Gasteiger partial charge >= 0.3 is 5.97 Å². The standard InChI is InChI=1S/C16H22N2O4/c1-12-7-6-10-18(14(12)20)11-13(19)17-16(15(21)22-2)8-4-3-5-9-16/h6-7,10H,3-5,8-9,11H2,1-2H3,(H,17,19). The van der Waals surface area contributed by atoms with Gasteiger partial charge in [0.25, 0.3) is 5.56 Å². The van der Waals surface area contributed by atoms with Crippen LogP contribution in [0.5, 0.6) is 0 Å². The van der Waals surface area contributed by atoms with Crippen molar-refractivity contribution in [3.63, 3.8) is 0 Å². The molecule has 0 saturated heterocycles. The highest BCUT2D eigenvalue weighted by molar-refractivity contribution is 5.88. The van der Waals surface area contributed by atoms with Crippen molar-refractivity contribution in [3.8, 4) is 0 Å². The lowest BCUT2D eigenvalue weighted by Crippen LogP contribution is -2.57. The van der Waals surface area contributed by atoms with Gasteiger partial charge in [-0.1, -0.05) is 25.3 Å². The van der Waals surface area contributed by atoms with Crippen molar-refractivity contribution in [3.05, 3.63) is 34.2 Å². The van der Waals surface area contributed by atoms with E-state index in [1.807, 2.05) is 0 Å². The number of aromatic nitrogens is 1. The molecule has 1 aromatic rings. The second-order valence-corrected chi connectivity index (χ2v) is 5.81. The molecular formula is C16H22N2O4. The molecule has 1 heterocycles. The Balaban J connectivity index is 2.13. The Kier molecular flexibility index (Phi) is 5.00. The molecule has 0 unspecified atom stereocenters. The number of carbonyl (C=O) groups is 2. The lowest BCUT2D eigenvalue weighted by atomic mass is 9.81. The summed E-state index contributed by atoms with van der Waals surface area (Å²) in [5.74, 6) is -0.753. The van der Waals surface area contributed by atoms with E-state index in [1.54, 1.807) is 25.3 Å². The van der Waals surface area contributed by atoms with Crippen molar-refractivity contribution in [2.24, 2.45) is 0 Å². The molecule has 1 fully saturated rings. The van der Waals surface area contributed by atoms with Gasteiger partial charge in [0, 0.05) is 11.8 Å². The molecule has 1 aliphatic carbocycles. The fraction of sp³-hybridized carbons (Fsp3) is 0.562. The van der Waals surface area contributed by atoms with Crippen LogP contribution in [0, 0.1) is 6.92 Å². The van der Waals surface area contributed by atoms with Gasteiger partial charge in [0.2, 0.25) is 5.91 Å². The molecule has 0 aromatic carbocycles. The van der Waals surface area contributed by atoms with Crippen LogP contribution in [0.25, 0.3) is 0 Å². The summed E-state index contributed by atoms with van der Waals surface area (Å²) in [6.07, 6.45) is 5.52. The topological polar surface area (TPSA) is 77.4 Å². The third-order valence-corrected chi connectivity index (χ3v) is 4.19. The summed E-state index contributed by atoms with van der Waals surface area (Å²) in [5, 5.41) is 2.81. The van der Waals surface area contributed by atoms with Crippen molar-refractivity contribution in [1.29, 1.82) is 0 Å². The second kappa shape index (κ2) is 6.77. The van der Waals surface area contributed by atoms with E-state index >= 15 is 0 Å². The lowest BCUT2D eigenvalue weighted by Gasteiger charge is -2.35. The monoisotopic (exact) mass is 306 g/mol. The van der Waals surface area contributed by atoms with Crippen LogP contribution < -0.4 is 10.9 Å². The molecule has 1 N–H and O–H groups in total. The number of aryl methyl sites for hydroxylation is 1. The number of ether oxygens (including phenoxy) is 1. The molecule has 1 aliphatic rings. The minimum absolute atomic E-state index is 0.0980. The zero-order valence-electron chi connectivity index (χ0n) is 13.1. The number of amides is 1. The fourth-order valence-electron chi connectivity index (χ4n) is 2.97. The van der Waals surface area contributed by atoms with E-state index in [0.717, 1.165) is 19.3 Å². The van der Waals surface area contributed by atoms with Crippen LogP contribution in [-0.2, 0) is 20.9 Å². The van der Waals surface area contributed by atoms with Crippen LogP contribution in [0.4, 0.5) is 0 Å². The predicted octanol–water partition coefficient (Wildman–Crippen LogP) is 1.15. The average Bonchev–Trinajstić information content (AvgIpc) is 2.51. The summed E-state index contributed by atoms with van der Waals surface area (Å²) in [6.45, 7) is 1.60. The first-order chi connectivity index (χ1) is 10.5. The van der Waals surface area contributed by atoms with E-state index in [0.29, 0.717) is 18.4 Å². The molecule has 1 aromatic heterocycles. The maximum absolute atomic E-state index is 12.3. The zero-order chi connectivity index (χ0) is 16.2. The van der Waals surface area contributed by atoms with Crippen molar-refractivity contribution >= 4 is 11.9 Å². The Morgan fingerprint density at radius 3 is 2.64 bits per heavy atom. The Hall–Kier alpha value is -2.11. The van der Waals surface area contributed by atoms with Crippen molar-refractivity contribution < 1.29 is 14.3 Å². The van der Waals surface area contributed by atoms with Gasteiger partial charge in [-0.25, -0.2) is 4.79 Å². The van der Waals surface area contributed by atoms with Gasteiger partial charge in [0.1, 0.15) is 12.1 Å². The Morgan fingerprint density at radius 1 is 1.32 bits per heavy atom. The number of carbonyl (C=O) groups excluding carboxylic acids is 2. The molecule has 120 valence electrons. The molecule has 2 rings (SSSR count). The molecule has 6 nitrogen and oxygen atoms in total. The summed E-state index contributed by atoms with van der Waals surface area (Å²) in [6, 6.07) is 3.43. The number of pyridine rings is 1. The molecule has 0 atom stereocenters. The normalized spacial score (nSPS) is 16.8. The number of hydrogen-bond acceptors (Lipinski definition) is 4. The van der Waals surface area contributed by atoms with Gasteiger partial charge in [-0.3, -0.25) is 9.59 Å². The van der Waals surface area contributed by atoms with Crippen molar-refractivity contribution in [2.75, 3.05) is 7.11 Å². The van der Waals surface area contributed by atoms with Gasteiger partial charge < -0.3 is 14.6 Å². The molecular weight excluding hydrogens is 284 g/mol. The molecule has 1 amide bonds. The van der Waals surface area contributed by atoms with Crippen LogP contribution in [0.3, 0.4) is 0 Å². The molecule has 1 saturated carbocycles. The average molecular weight is 306 g/mol. The van der Waals surface area contributed by atoms with Crippen LogP contribution in [0.2, 0.25) is 0 Å². The fourth-order valence-corrected chi connectivity index (χ4v) is 2.97. The number of nitrogens with one attached hydrogen (secondary N) is 1. The van der Waals surface area contributed by atoms with Gasteiger partial charge in [0.05, 0.1) is 7.11 Å². The molecule has 0 bridgehead atoms. The van der Waals surface area contributed by atoms with E-state index in [9.17, 15) is 14.4 Å². The first-order valence-corrected chi connectivity index (χ1v) is 7.54. The number of rotatable bonds is 4. The van der Waals surface area contributed by atoms with Crippen LogP contribution in [0.1, 0.15) is 37.7 Å². The van der Waals surface area contributed by atoms with Crippen molar-refractivity contribution in [1.82, 2.24) is 9.88 Å². The Morgan fingerprint density at radius 2 is 2.00 bits per heavy atom. The highest BCUT2D eigenvalue weighted by Crippen LogP contribution is 2.29. The quantitative estimate of drug-likeness (QED) is 0.847. The summed E-state index contributed by atoms with van der Waals surface area (Å²) >= 11 is 0. The van der Waals surface area contributed by atoms with Crippen molar-refractivity contribution in [2.45, 2.75) is 51.1 Å². The Labute approximate surface area is 129 Å². The van der Waals surface area contributed by atoms with Gasteiger partial charge in [-0.15, -0.1) is 0 Å². The van der Waals surface area contributed by atoms with Crippen LogP contribution in [-0.4, -0.2) is 29.1 Å². The van der Waals surface area contributed by atoms with Gasteiger partial charge in [0.15, 0.2) is 0 Å². The smallest absolute Gasteiger partial charge is 0.331 e. The zero-order valence-corrected chi connectivity index (χ0v) is 13.1. The van der Waals surface area contributed by atoms with E-state index in [2.05, 4.69) is 5.32 Å². The minimum atomic E-state index is -0.947. The molecule has 6 heteroatoms. The summed E-state index contributed by atoms with van der Waals surface area (Å²) in [5.41, 5.74) is -0.568. The second-order valence-electron chi connectivity index (χ2n) is 5.81. The lowest BCUT2D eigenvalue weighted by molar-refractivity contribution is -0.152. The molecule has 0 spiro atoms. The molecule has 22 heavy (non-hydrogen) atoms. The highest BCUT2D eigenvalue weighted by Gasteiger charge is 2.41. The summed E-state index contributed by atoms with van der Waals surface area (Å²) in [7, 11) is 1.33. The molecule has 0 radical (unpaired) electrons. The predicted molar refractivity (Wildman–Crippen MR) is 81.4 cm³/mol. The van der Waals surface area contributed by atoms with Gasteiger partial charge in [-0.2, -0.15) is 0 Å². The SMILES string of the molecule is COC(=O)C1(NC(=O)Cn2cccc(C)c2=O)CCCCC1. The number of methoxy groups -OCH3 is 1. The summed E-state index contributed by atoms with van der Waals surface area (Å²) < 4.78 is 6.21. The van der Waals surface area contributed by atoms with Crippen LogP contribution >= 0.6 is 0 Å². The maximum Gasteiger partial charge on any atom is 0.331 e. The third kappa shape index (κ3) is 3.37.